The molecule has 8 aromatic rings. The maximum atomic E-state index is 6.73. The van der Waals surface area contributed by atoms with Crippen molar-refractivity contribution >= 4 is 76.5 Å². The van der Waals surface area contributed by atoms with Crippen LogP contribution in [0.4, 0.5) is 0 Å². The zero-order valence-electron chi connectivity index (χ0n) is 49.6. The summed E-state index contributed by atoms with van der Waals surface area (Å²) >= 11 is 0. The van der Waals surface area contributed by atoms with Gasteiger partial charge in [-0.1, -0.05) is 234 Å². The van der Waals surface area contributed by atoms with Crippen LogP contribution in [0.1, 0.15) is 257 Å². The fraction of sp³-hybridized carbons (Fsp3) is 0.556. The van der Waals surface area contributed by atoms with E-state index in [-0.39, 0.29) is 10.8 Å². The second kappa shape index (κ2) is 27.9. The monoisotopic (exact) mass is 1050 g/mol. The molecule has 0 amide bonds. The molecule has 2 aromatic heterocycles. The highest BCUT2D eigenvalue weighted by molar-refractivity contribution is 6.39. The maximum absolute atomic E-state index is 6.73. The highest BCUT2D eigenvalue weighted by Crippen LogP contribution is 2.47. The Hall–Kier alpha value is -5.72. The van der Waals surface area contributed by atoms with E-state index in [1.807, 2.05) is 12.1 Å². The van der Waals surface area contributed by atoms with E-state index in [1.165, 1.54) is 178 Å². The van der Waals surface area contributed by atoms with Crippen LogP contribution in [-0.4, -0.2) is 33.1 Å². The van der Waals surface area contributed by atoms with Crippen molar-refractivity contribution in [3.05, 3.63) is 70.8 Å². The van der Waals surface area contributed by atoms with Gasteiger partial charge in [-0.2, -0.15) is 0 Å². The normalized spacial score (nSPS) is 12.3. The van der Waals surface area contributed by atoms with Gasteiger partial charge in [0.2, 0.25) is 0 Å². The number of hydrogen-bond acceptors (Lipinski definition) is 6. The molecule has 0 bridgehead atoms. The van der Waals surface area contributed by atoms with Gasteiger partial charge in [-0.3, -0.25) is 0 Å². The zero-order chi connectivity index (χ0) is 55.1. The molecule has 0 aliphatic heterocycles. The second-order valence-electron chi connectivity index (χ2n) is 25.1. The number of nitrogens with zero attached hydrogens (tertiary/aromatic N) is 4. The quantitative estimate of drug-likeness (QED) is 0.0181. The molecule has 0 spiro atoms. The summed E-state index contributed by atoms with van der Waals surface area (Å²) in [5.41, 5.74) is 9.74. The Morgan fingerprint density at radius 1 is 0.346 bits per heavy atom. The summed E-state index contributed by atoms with van der Waals surface area (Å²) < 4.78 is 13.5. The third kappa shape index (κ3) is 14.5. The van der Waals surface area contributed by atoms with Crippen molar-refractivity contribution in [2.24, 2.45) is 0 Å². The van der Waals surface area contributed by atoms with Gasteiger partial charge in [-0.25, -0.2) is 19.9 Å². The minimum atomic E-state index is -0.178. The zero-order valence-corrected chi connectivity index (χ0v) is 49.6. The molecule has 414 valence electrons. The molecule has 6 aromatic carbocycles. The molecular weight excluding hydrogens is 953 g/mol. The number of hydrogen-bond donors (Lipinski definition) is 0. The van der Waals surface area contributed by atoms with Crippen LogP contribution in [0.15, 0.2) is 48.5 Å². The van der Waals surface area contributed by atoms with Gasteiger partial charge in [0.25, 0.3) is 0 Å². The first-order valence-corrected chi connectivity index (χ1v) is 31.1. The lowest BCUT2D eigenvalue weighted by atomic mass is 9.80. The number of unbranched alkanes of at least 4 members (excludes halogenated alkanes) is 26. The first-order valence-electron chi connectivity index (χ1n) is 31.1. The Balaban J connectivity index is 1.10. The van der Waals surface area contributed by atoms with Crippen molar-refractivity contribution < 1.29 is 9.47 Å². The van der Waals surface area contributed by atoms with Crippen LogP contribution in [0, 0.1) is 24.7 Å². The molecule has 0 radical (unpaired) electrons. The molecule has 0 aliphatic carbocycles. The molecule has 6 heteroatoms. The minimum absolute atomic E-state index is 0.178. The van der Waals surface area contributed by atoms with Crippen molar-refractivity contribution in [1.82, 2.24) is 19.9 Å². The van der Waals surface area contributed by atoms with Crippen molar-refractivity contribution in [2.45, 2.75) is 246 Å². The van der Waals surface area contributed by atoms with Crippen LogP contribution >= 0.6 is 0 Å². The molecule has 0 atom stereocenters. The van der Waals surface area contributed by atoms with Gasteiger partial charge in [0.05, 0.1) is 57.3 Å². The third-order valence-corrected chi connectivity index (χ3v) is 16.6. The molecule has 0 saturated heterocycles. The first kappa shape index (κ1) is 58.4. The molecule has 78 heavy (non-hydrogen) atoms. The van der Waals surface area contributed by atoms with Crippen LogP contribution in [0.25, 0.3) is 76.5 Å². The molecule has 0 saturated carbocycles. The van der Waals surface area contributed by atoms with Crippen LogP contribution in [-0.2, 0) is 10.8 Å². The van der Waals surface area contributed by atoms with Crippen molar-refractivity contribution in [3.63, 3.8) is 0 Å². The van der Waals surface area contributed by atoms with Gasteiger partial charge >= 0.3 is 0 Å². The summed E-state index contributed by atoms with van der Waals surface area (Å²) in [7, 11) is 0. The molecular formula is C72H94N4O2. The van der Waals surface area contributed by atoms with Gasteiger partial charge in [-0.15, -0.1) is 12.8 Å². The predicted octanol–water partition coefficient (Wildman–Crippen LogP) is 21.1. The Bertz CT molecular complexity index is 3120. The summed E-state index contributed by atoms with van der Waals surface area (Å²) in [6.45, 7) is 19.5. The van der Waals surface area contributed by atoms with Gasteiger partial charge in [0.1, 0.15) is 0 Å². The third-order valence-electron chi connectivity index (χ3n) is 16.6. The molecule has 0 unspecified atom stereocenters. The summed E-state index contributed by atoms with van der Waals surface area (Å²) in [6, 6.07) is 17.4. The highest BCUT2D eigenvalue weighted by Gasteiger charge is 2.27. The maximum Gasteiger partial charge on any atom is 0.163 e. The SMILES string of the molecule is C#Cc1cc2nc3c4cc(C(C)(C)C)cc5c6nc7cc(OCCCCCCCCCCCCCCCC)c(OCCCCCCCCCCCCCCCC)cc7nc6c6cc(C(C)(C)C)cc(c3nc2cc1C#C)c6c45. The van der Waals surface area contributed by atoms with Gasteiger partial charge < -0.3 is 9.47 Å². The molecule has 8 rings (SSSR count). The Kier molecular flexibility index (Phi) is 20.9. The summed E-state index contributed by atoms with van der Waals surface area (Å²) in [6.07, 6.45) is 49.1. The number of fused-ring (bicyclic) bond motifs is 8. The lowest BCUT2D eigenvalue weighted by molar-refractivity contribution is 0.259. The minimum Gasteiger partial charge on any atom is -0.490 e. The highest BCUT2D eigenvalue weighted by atomic mass is 16.5. The number of ether oxygens (including phenoxy) is 2. The molecule has 6 nitrogen and oxygen atoms in total. The topological polar surface area (TPSA) is 70.0 Å². The summed E-state index contributed by atoms with van der Waals surface area (Å²) in [5, 5.41) is 6.44. The molecule has 2 heterocycles. The largest absolute Gasteiger partial charge is 0.490 e. The first-order chi connectivity index (χ1) is 37.8. The van der Waals surface area contributed by atoms with Crippen molar-refractivity contribution in [2.75, 3.05) is 13.2 Å². The number of terminal acetylenes is 2. The van der Waals surface area contributed by atoms with Gasteiger partial charge in [0, 0.05) is 55.6 Å². The Labute approximate surface area is 469 Å². The van der Waals surface area contributed by atoms with Gasteiger partial charge in [-0.05, 0) is 71.2 Å². The lowest BCUT2D eigenvalue weighted by Gasteiger charge is -2.25. The van der Waals surface area contributed by atoms with E-state index < -0.39 is 0 Å². The van der Waals surface area contributed by atoms with Crippen LogP contribution in [0.3, 0.4) is 0 Å². The Morgan fingerprint density at radius 3 is 0.833 bits per heavy atom. The smallest absolute Gasteiger partial charge is 0.163 e. The Morgan fingerprint density at radius 2 is 0.590 bits per heavy atom. The van der Waals surface area contributed by atoms with Crippen LogP contribution in [0.2, 0.25) is 0 Å². The van der Waals surface area contributed by atoms with Crippen LogP contribution in [0.5, 0.6) is 11.5 Å². The van der Waals surface area contributed by atoms with E-state index >= 15 is 0 Å². The van der Waals surface area contributed by atoms with E-state index in [1.54, 1.807) is 0 Å². The molecule has 0 N–H and O–H groups in total. The molecule has 0 aliphatic rings. The van der Waals surface area contributed by atoms with Gasteiger partial charge in [0.15, 0.2) is 11.5 Å². The summed E-state index contributed by atoms with van der Waals surface area (Å²) in [5.74, 6) is 7.09. The lowest BCUT2D eigenvalue weighted by Crippen LogP contribution is -2.12. The van der Waals surface area contributed by atoms with E-state index in [0.717, 1.165) is 101 Å². The fourth-order valence-electron chi connectivity index (χ4n) is 11.8. The fourth-order valence-corrected chi connectivity index (χ4v) is 11.8. The van der Waals surface area contributed by atoms with E-state index in [9.17, 15) is 0 Å². The average Bonchev–Trinajstić information content (AvgIpc) is 3.03. The predicted molar refractivity (Wildman–Crippen MR) is 336 cm³/mol. The summed E-state index contributed by atoms with van der Waals surface area (Å²) in [4.78, 5) is 22.1. The average molecular weight is 1050 g/mol. The van der Waals surface area contributed by atoms with Crippen LogP contribution < -0.4 is 9.47 Å². The van der Waals surface area contributed by atoms with Crippen molar-refractivity contribution in [3.8, 4) is 36.2 Å². The van der Waals surface area contributed by atoms with E-state index in [4.69, 9.17) is 42.3 Å². The number of rotatable bonds is 32. The molecule has 0 fully saturated rings. The number of benzene rings is 6. The number of aromatic nitrogens is 4. The standard InChI is InChI=1S/C72H94N4O2/c1-11-15-17-19-21-23-25-27-29-31-33-35-37-39-41-77-63-49-61-62(50-64(63)78-42-40-38-36-34-32-30-28-26-24-22-20-18-16-12-2)76-70-58-48-54(72(8,9)10)46-56-66(58)65-55(45-53(71(5,6)7)47-57(65)69(70)75-61)67-68(56)74-60-44-52(14-4)51(13-3)43-59(60)73-67/h3-4,43-50H,11-12,15-42H2,1-2,5-10H3. The second-order valence-corrected chi connectivity index (χ2v) is 25.1. The van der Waals surface area contributed by atoms with E-state index in [2.05, 4.69) is 104 Å². The van der Waals surface area contributed by atoms with Crippen molar-refractivity contribution in [1.29, 1.82) is 0 Å². The van der Waals surface area contributed by atoms with E-state index in [0.29, 0.717) is 24.3 Å².